The number of rotatable bonds is 11. The van der Waals surface area contributed by atoms with E-state index < -0.39 is 22.0 Å². The fourth-order valence-electron chi connectivity index (χ4n) is 4.12. The molecular formula is C33H29ClN4O5S. The average Bonchev–Trinajstić information content (AvgIpc) is 3.02. The predicted octanol–water partition coefficient (Wildman–Crippen LogP) is 7.48. The van der Waals surface area contributed by atoms with E-state index in [1.807, 2.05) is 13.0 Å². The number of benzene rings is 4. The Morgan fingerprint density at radius 1 is 0.932 bits per heavy atom. The Balaban J connectivity index is 1.49. The van der Waals surface area contributed by atoms with Gasteiger partial charge < -0.3 is 16.0 Å². The lowest BCUT2D eigenvalue weighted by atomic mass is 10.1. The molecule has 4 aromatic carbocycles. The summed E-state index contributed by atoms with van der Waals surface area (Å²) in [5.74, 6) is -1.23. The lowest BCUT2D eigenvalue weighted by molar-refractivity contribution is -0.384. The summed E-state index contributed by atoms with van der Waals surface area (Å²) >= 11 is 7.33. The van der Waals surface area contributed by atoms with Gasteiger partial charge in [-0.1, -0.05) is 54.9 Å². The average molecular weight is 629 g/mol. The number of anilines is 2. The summed E-state index contributed by atoms with van der Waals surface area (Å²) in [6.45, 7) is 3.58. The van der Waals surface area contributed by atoms with Crippen molar-refractivity contribution in [1.82, 2.24) is 5.32 Å². The molecule has 0 radical (unpaired) electrons. The van der Waals surface area contributed by atoms with Crippen molar-refractivity contribution in [2.75, 3.05) is 10.6 Å². The van der Waals surface area contributed by atoms with Gasteiger partial charge in [0.05, 0.1) is 10.2 Å². The van der Waals surface area contributed by atoms with E-state index in [2.05, 4.69) is 16.0 Å². The number of amides is 3. The van der Waals surface area contributed by atoms with Crippen LogP contribution < -0.4 is 16.0 Å². The van der Waals surface area contributed by atoms with Gasteiger partial charge in [0.25, 0.3) is 17.5 Å². The van der Waals surface area contributed by atoms with Gasteiger partial charge in [-0.3, -0.25) is 24.5 Å². The summed E-state index contributed by atoms with van der Waals surface area (Å²) in [7, 11) is 0. The van der Waals surface area contributed by atoms with Gasteiger partial charge in [0.15, 0.2) is 0 Å². The predicted molar refractivity (Wildman–Crippen MR) is 175 cm³/mol. The smallest absolute Gasteiger partial charge is 0.272 e. The number of nitro groups is 1. The fraction of sp³-hybridized carbons (Fsp3) is 0.121. The van der Waals surface area contributed by atoms with Gasteiger partial charge in [-0.15, -0.1) is 11.8 Å². The van der Waals surface area contributed by atoms with Crippen LogP contribution in [0.2, 0.25) is 5.02 Å². The number of nitro benzene ring substituents is 1. The van der Waals surface area contributed by atoms with E-state index >= 15 is 0 Å². The molecule has 4 aromatic rings. The molecule has 0 spiro atoms. The maximum absolute atomic E-state index is 13.4. The highest BCUT2D eigenvalue weighted by molar-refractivity contribution is 8.00. The number of aryl methyl sites for hydroxylation is 1. The molecule has 0 aromatic heterocycles. The SMILES string of the molecule is CCC(Sc1cccc(NC(=O)/C(=C/c2ccc(Cl)cc2)NC(=O)c2ccccc2)c1)C(=O)Nc1ccc([N+](=O)[O-])cc1C. The summed E-state index contributed by atoms with van der Waals surface area (Å²) in [5, 5.41) is 19.5. The number of nitrogens with zero attached hydrogens (tertiary/aromatic N) is 1. The first-order chi connectivity index (χ1) is 21.1. The van der Waals surface area contributed by atoms with Crippen LogP contribution in [0, 0.1) is 17.0 Å². The van der Waals surface area contributed by atoms with Crippen LogP contribution in [0.25, 0.3) is 6.08 Å². The van der Waals surface area contributed by atoms with E-state index in [4.69, 9.17) is 11.6 Å². The number of hydrogen-bond donors (Lipinski definition) is 3. The van der Waals surface area contributed by atoms with Crippen molar-refractivity contribution in [3.8, 4) is 0 Å². The Labute approximate surface area is 263 Å². The van der Waals surface area contributed by atoms with Crippen LogP contribution in [0.5, 0.6) is 0 Å². The van der Waals surface area contributed by atoms with Crippen molar-refractivity contribution < 1.29 is 19.3 Å². The van der Waals surface area contributed by atoms with E-state index in [1.165, 1.54) is 30.0 Å². The van der Waals surface area contributed by atoms with Crippen LogP contribution in [0.3, 0.4) is 0 Å². The van der Waals surface area contributed by atoms with Crippen LogP contribution in [0.4, 0.5) is 17.1 Å². The van der Waals surface area contributed by atoms with Crippen molar-refractivity contribution in [2.45, 2.75) is 30.4 Å². The molecule has 4 rings (SSSR count). The molecule has 1 atom stereocenters. The highest BCUT2D eigenvalue weighted by Gasteiger charge is 2.20. The zero-order chi connectivity index (χ0) is 31.6. The van der Waals surface area contributed by atoms with Crippen LogP contribution >= 0.6 is 23.4 Å². The van der Waals surface area contributed by atoms with Crippen LogP contribution in [0.15, 0.2) is 108 Å². The molecule has 0 bridgehead atoms. The summed E-state index contributed by atoms with van der Waals surface area (Å²) in [4.78, 5) is 50.7. The van der Waals surface area contributed by atoms with E-state index in [-0.39, 0.29) is 17.3 Å². The third kappa shape index (κ3) is 8.79. The summed E-state index contributed by atoms with van der Waals surface area (Å²) in [6, 6.07) is 26.7. The first-order valence-electron chi connectivity index (χ1n) is 13.6. The van der Waals surface area contributed by atoms with E-state index in [0.29, 0.717) is 39.5 Å². The van der Waals surface area contributed by atoms with Crippen molar-refractivity contribution in [3.63, 3.8) is 0 Å². The molecule has 0 fully saturated rings. The van der Waals surface area contributed by atoms with Crippen molar-refractivity contribution >= 4 is 64.2 Å². The zero-order valence-electron chi connectivity index (χ0n) is 23.9. The molecule has 11 heteroatoms. The molecule has 0 saturated carbocycles. The molecule has 3 N–H and O–H groups in total. The van der Waals surface area contributed by atoms with Crippen LogP contribution in [-0.2, 0) is 9.59 Å². The van der Waals surface area contributed by atoms with Gasteiger partial charge in [-0.25, -0.2) is 0 Å². The zero-order valence-corrected chi connectivity index (χ0v) is 25.4. The van der Waals surface area contributed by atoms with Gasteiger partial charge >= 0.3 is 0 Å². The van der Waals surface area contributed by atoms with Gasteiger partial charge in [0.1, 0.15) is 5.70 Å². The Morgan fingerprint density at radius 2 is 1.66 bits per heavy atom. The summed E-state index contributed by atoms with van der Waals surface area (Å²) in [6.07, 6.45) is 2.07. The number of halogens is 1. The first kappa shape index (κ1) is 32.0. The molecule has 0 aliphatic heterocycles. The largest absolute Gasteiger partial charge is 0.325 e. The molecule has 9 nitrogen and oxygen atoms in total. The lowest BCUT2D eigenvalue weighted by Gasteiger charge is -2.17. The van der Waals surface area contributed by atoms with Crippen molar-refractivity contribution in [2.24, 2.45) is 0 Å². The second kappa shape index (κ2) is 15.0. The van der Waals surface area contributed by atoms with Crippen molar-refractivity contribution in [3.05, 3.63) is 135 Å². The van der Waals surface area contributed by atoms with Crippen LogP contribution in [0.1, 0.15) is 34.8 Å². The second-order valence-electron chi connectivity index (χ2n) is 9.67. The Kier molecular flexibility index (Phi) is 10.9. The molecule has 0 saturated heterocycles. The molecule has 0 aliphatic rings. The minimum Gasteiger partial charge on any atom is -0.325 e. The molecule has 224 valence electrons. The monoisotopic (exact) mass is 628 g/mol. The van der Waals surface area contributed by atoms with Gasteiger partial charge in [-0.05, 0) is 79.1 Å². The number of thioether (sulfide) groups is 1. The highest BCUT2D eigenvalue weighted by atomic mass is 35.5. The minimum atomic E-state index is -0.537. The molecule has 3 amide bonds. The number of carbonyl (C=O) groups excluding carboxylic acids is 3. The number of hydrogen-bond acceptors (Lipinski definition) is 6. The standard InChI is InChI=1S/C33H29ClN4O5S/c1-3-30(33(41)36-28-17-16-26(38(42)43)18-21(28)2)44-27-11-7-10-25(20-27)35-32(40)29(19-22-12-14-24(34)15-13-22)37-31(39)23-8-5-4-6-9-23/h4-20,30H,3H2,1-2H3,(H,35,40)(H,36,41)(H,37,39)/b29-19-. The third-order valence-electron chi connectivity index (χ3n) is 6.42. The normalized spacial score (nSPS) is 11.8. The maximum Gasteiger partial charge on any atom is 0.272 e. The van der Waals surface area contributed by atoms with Gasteiger partial charge in [0, 0.05) is 39.0 Å². The van der Waals surface area contributed by atoms with Crippen molar-refractivity contribution in [1.29, 1.82) is 0 Å². The lowest BCUT2D eigenvalue weighted by Crippen LogP contribution is -2.30. The minimum absolute atomic E-state index is 0.0310. The highest BCUT2D eigenvalue weighted by Crippen LogP contribution is 2.30. The maximum atomic E-state index is 13.4. The van der Waals surface area contributed by atoms with E-state index in [1.54, 1.807) is 85.8 Å². The Morgan fingerprint density at radius 3 is 2.32 bits per heavy atom. The number of non-ortho nitro benzene ring substituents is 1. The molecule has 44 heavy (non-hydrogen) atoms. The topological polar surface area (TPSA) is 130 Å². The number of nitrogens with one attached hydrogen (secondary N) is 3. The van der Waals surface area contributed by atoms with E-state index in [9.17, 15) is 24.5 Å². The van der Waals surface area contributed by atoms with Gasteiger partial charge in [-0.2, -0.15) is 0 Å². The Hall–Kier alpha value is -4.93. The Bertz CT molecular complexity index is 1710. The quantitative estimate of drug-likeness (QED) is 0.0683. The third-order valence-corrected chi connectivity index (χ3v) is 8.03. The molecule has 0 heterocycles. The van der Waals surface area contributed by atoms with E-state index in [0.717, 1.165) is 4.90 Å². The summed E-state index contributed by atoms with van der Waals surface area (Å²) < 4.78 is 0. The first-order valence-corrected chi connectivity index (χ1v) is 14.9. The number of carbonyl (C=O) groups is 3. The second-order valence-corrected chi connectivity index (χ2v) is 11.4. The molecular weight excluding hydrogens is 600 g/mol. The summed E-state index contributed by atoms with van der Waals surface area (Å²) in [5.41, 5.74) is 2.59. The fourth-order valence-corrected chi connectivity index (χ4v) is 5.25. The van der Waals surface area contributed by atoms with Gasteiger partial charge in [0.2, 0.25) is 5.91 Å². The molecule has 0 aliphatic carbocycles. The van der Waals surface area contributed by atoms with Crippen LogP contribution in [-0.4, -0.2) is 27.9 Å². The molecule has 1 unspecified atom stereocenters.